The van der Waals surface area contributed by atoms with Crippen LogP contribution in [0, 0.1) is 5.92 Å². The second-order valence-corrected chi connectivity index (χ2v) is 9.41. The molecule has 3 N–H and O–H groups in total. The number of hydrogen-bond acceptors (Lipinski definition) is 6. The number of fused-ring (bicyclic) bond motifs is 1. The molecule has 2 amide bonds. The summed E-state index contributed by atoms with van der Waals surface area (Å²) >= 11 is 0. The van der Waals surface area contributed by atoms with Crippen molar-refractivity contribution >= 4 is 17.5 Å². The second-order valence-electron chi connectivity index (χ2n) is 9.41. The SMILES string of the molecule is CCc1nc(C(=O)NC)ccc1N1CCN(CC2CCC3NC(CC)C(=O)NC3C2)CC1. The molecule has 4 atom stereocenters. The minimum atomic E-state index is -0.139. The van der Waals surface area contributed by atoms with Gasteiger partial charge in [-0.15, -0.1) is 0 Å². The van der Waals surface area contributed by atoms with E-state index in [1.165, 1.54) is 6.42 Å². The van der Waals surface area contributed by atoms with Gasteiger partial charge >= 0.3 is 0 Å². The lowest BCUT2D eigenvalue weighted by Gasteiger charge is -2.44. The zero-order chi connectivity index (χ0) is 22.7. The summed E-state index contributed by atoms with van der Waals surface area (Å²) < 4.78 is 0. The van der Waals surface area contributed by atoms with Crippen LogP contribution in [0.3, 0.4) is 0 Å². The summed E-state index contributed by atoms with van der Waals surface area (Å²) in [6.45, 7) is 9.29. The van der Waals surface area contributed by atoms with Crippen LogP contribution in [0.25, 0.3) is 0 Å². The number of pyridine rings is 1. The summed E-state index contributed by atoms with van der Waals surface area (Å²) in [6.07, 6.45) is 5.11. The zero-order valence-corrected chi connectivity index (χ0v) is 19.7. The van der Waals surface area contributed by atoms with E-state index < -0.39 is 0 Å². The van der Waals surface area contributed by atoms with E-state index >= 15 is 0 Å². The first-order valence-electron chi connectivity index (χ1n) is 12.3. The van der Waals surface area contributed by atoms with E-state index in [0.717, 1.165) is 69.8 Å². The fraction of sp³-hybridized carbons (Fsp3) is 0.708. The number of hydrogen-bond donors (Lipinski definition) is 3. The van der Waals surface area contributed by atoms with Gasteiger partial charge in [0.2, 0.25) is 5.91 Å². The summed E-state index contributed by atoms with van der Waals surface area (Å²) in [6, 6.07) is 4.57. The third-order valence-corrected chi connectivity index (χ3v) is 7.40. The maximum atomic E-state index is 12.3. The van der Waals surface area contributed by atoms with Gasteiger partial charge in [-0.05, 0) is 50.2 Å². The van der Waals surface area contributed by atoms with E-state index in [1.54, 1.807) is 7.05 Å². The highest BCUT2D eigenvalue weighted by Crippen LogP contribution is 2.29. The number of aryl methyl sites for hydroxylation is 1. The number of aromatic nitrogens is 1. The van der Waals surface area contributed by atoms with Gasteiger partial charge in [-0.1, -0.05) is 13.8 Å². The Balaban J connectivity index is 1.29. The Kier molecular flexibility index (Phi) is 7.30. The number of nitrogens with one attached hydrogen (secondary N) is 3. The van der Waals surface area contributed by atoms with Gasteiger partial charge in [0.1, 0.15) is 5.69 Å². The second kappa shape index (κ2) is 10.2. The van der Waals surface area contributed by atoms with E-state index in [4.69, 9.17) is 0 Å². The normalized spacial score (nSPS) is 28.7. The van der Waals surface area contributed by atoms with Crippen LogP contribution in [0.1, 0.15) is 55.7 Å². The molecule has 2 aliphatic heterocycles. The average molecular weight is 443 g/mol. The van der Waals surface area contributed by atoms with Crippen molar-refractivity contribution in [2.75, 3.05) is 44.7 Å². The van der Waals surface area contributed by atoms with Crippen molar-refractivity contribution in [3.05, 3.63) is 23.5 Å². The highest BCUT2D eigenvalue weighted by molar-refractivity contribution is 5.92. The quantitative estimate of drug-likeness (QED) is 0.613. The van der Waals surface area contributed by atoms with Crippen molar-refractivity contribution in [2.24, 2.45) is 5.92 Å². The molecule has 2 saturated heterocycles. The molecule has 4 rings (SSSR count). The minimum Gasteiger partial charge on any atom is -0.367 e. The maximum Gasteiger partial charge on any atom is 0.269 e. The predicted molar refractivity (Wildman–Crippen MR) is 126 cm³/mol. The van der Waals surface area contributed by atoms with Crippen molar-refractivity contribution in [1.82, 2.24) is 25.8 Å². The van der Waals surface area contributed by atoms with Gasteiger partial charge in [0.05, 0.1) is 17.4 Å². The molecule has 3 fully saturated rings. The Bertz CT molecular complexity index is 823. The molecular weight excluding hydrogens is 404 g/mol. The first-order chi connectivity index (χ1) is 15.5. The third kappa shape index (κ3) is 4.91. The Morgan fingerprint density at radius 2 is 1.94 bits per heavy atom. The first kappa shape index (κ1) is 23.0. The molecule has 3 aliphatic rings. The Labute approximate surface area is 191 Å². The van der Waals surface area contributed by atoms with Gasteiger partial charge in [-0.3, -0.25) is 14.5 Å². The maximum absolute atomic E-state index is 12.3. The molecule has 32 heavy (non-hydrogen) atoms. The van der Waals surface area contributed by atoms with Crippen LogP contribution in [-0.2, 0) is 11.2 Å². The molecule has 3 heterocycles. The predicted octanol–water partition coefficient (Wildman–Crippen LogP) is 1.16. The highest BCUT2D eigenvalue weighted by Gasteiger charge is 2.38. The van der Waals surface area contributed by atoms with Crippen LogP contribution in [0.2, 0.25) is 0 Å². The smallest absolute Gasteiger partial charge is 0.269 e. The van der Waals surface area contributed by atoms with Crippen LogP contribution in [0.5, 0.6) is 0 Å². The molecule has 8 heteroatoms. The molecule has 4 unspecified atom stereocenters. The average Bonchev–Trinajstić information content (AvgIpc) is 2.83. The summed E-state index contributed by atoms with van der Waals surface area (Å²) in [5.74, 6) is 0.675. The van der Waals surface area contributed by atoms with Gasteiger partial charge < -0.3 is 20.9 Å². The number of rotatable bonds is 6. The monoisotopic (exact) mass is 442 g/mol. The molecule has 0 aromatic carbocycles. The van der Waals surface area contributed by atoms with Gasteiger partial charge in [-0.2, -0.15) is 0 Å². The molecule has 1 aliphatic carbocycles. The van der Waals surface area contributed by atoms with Crippen LogP contribution in [0.15, 0.2) is 12.1 Å². The topological polar surface area (TPSA) is 89.6 Å². The van der Waals surface area contributed by atoms with Crippen molar-refractivity contribution in [3.63, 3.8) is 0 Å². The van der Waals surface area contributed by atoms with Gasteiger partial charge in [-0.25, -0.2) is 4.98 Å². The molecule has 8 nitrogen and oxygen atoms in total. The van der Waals surface area contributed by atoms with Gasteiger partial charge in [0.25, 0.3) is 5.91 Å². The Morgan fingerprint density at radius 1 is 1.16 bits per heavy atom. The van der Waals surface area contributed by atoms with Gasteiger partial charge in [0, 0.05) is 51.9 Å². The van der Waals surface area contributed by atoms with E-state index in [-0.39, 0.29) is 23.9 Å². The van der Waals surface area contributed by atoms with E-state index in [2.05, 4.69) is 50.6 Å². The number of carbonyl (C=O) groups is 2. The number of piperazine rings is 2. The van der Waals surface area contributed by atoms with E-state index in [9.17, 15) is 9.59 Å². The summed E-state index contributed by atoms with van der Waals surface area (Å²) in [7, 11) is 1.63. The van der Waals surface area contributed by atoms with E-state index in [1.807, 2.05) is 6.07 Å². The molecular formula is C24H38N6O2. The lowest BCUT2D eigenvalue weighted by atomic mass is 9.80. The fourth-order valence-electron chi connectivity index (χ4n) is 5.54. The van der Waals surface area contributed by atoms with Crippen molar-refractivity contribution in [2.45, 2.75) is 64.1 Å². The molecule has 1 saturated carbocycles. The van der Waals surface area contributed by atoms with Crippen molar-refractivity contribution < 1.29 is 9.59 Å². The zero-order valence-electron chi connectivity index (χ0n) is 19.7. The lowest BCUT2D eigenvalue weighted by molar-refractivity contribution is -0.127. The summed E-state index contributed by atoms with van der Waals surface area (Å²) in [5, 5.41) is 9.50. The van der Waals surface area contributed by atoms with Crippen molar-refractivity contribution in [3.8, 4) is 0 Å². The standard InChI is InChI=1S/C24H38N6O2/c1-4-17-22(9-8-20(26-17)23(31)25-3)30-12-10-29(11-13-30)15-16-6-7-19-21(14-16)28-24(32)18(5-2)27-19/h8-9,16,18-19,21,27H,4-7,10-15H2,1-3H3,(H,25,31)(H,28,32). The Morgan fingerprint density at radius 3 is 2.62 bits per heavy atom. The minimum absolute atomic E-state index is 0.0196. The third-order valence-electron chi connectivity index (χ3n) is 7.40. The number of nitrogens with zero attached hydrogens (tertiary/aromatic N) is 3. The van der Waals surface area contributed by atoms with Crippen LogP contribution >= 0.6 is 0 Å². The largest absolute Gasteiger partial charge is 0.367 e. The number of anilines is 1. The van der Waals surface area contributed by atoms with Crippen LogP contribution in [0.4, 0.5) is 5.69 Å². The molecule has 0 spiro atoms. The molecule has 0 radical (unpaired) electrons. The van der Waals surface area contributed by atoms with Gasteiger partial charge in [0.15, 0.2) is 0 Å². The number of amides is 2. The summed E-state index contributed by atoms with van der Waals surface area (Å²) in [5.41, 5.74) is 2.63. The molecule has 1 aromatic rings. The van der Waals surface area contributed by atoms with E-state index in [0.29, 0.717) is 17.7 Å². The molecule has 0 bridgehead atoms. The van der Waals surface area contributed by atoms with Crippen LogP contribution in [-0.4, -0.2) is 79.6 Å². The van der Waals surface area contributed by atoms with Crippen molar-refractivity contribution in [1.29, 1.82) is 0 Å². The fourth-order valence-corrected chi connectivity index (χ4v) is 5.54. The summed E-state index contributed by atoms with van der Waals surface area (Å²) in [4.78, 5) is 33.8. The molecule has 176 valence electrons. The van der Waals surface area contributed by atoms with Crippen LogP contribution < -0.4 is 20.9 Å². The highest BCUT2D eigenvalue weighted by atomic mass is 16.2. The molecule has 1 aromatic heterocycles. The first-order valence-corrected chi connectivity index (χ1v) is 12.3. The lowest BCUT2D eigenvalue weighted by Crippen LogP contribution is -2.65. The number of carbonyl (C=O) groups excluding carboxylic acids is 2. The Hall–Kier alpha value is -2.19.